The van der Waals surface area contributed by atoms with Crippen LogP contribution in [0, 0.1) is 23.7 Å². The number of carbonyl (C=O) groups is 2. The van der Waals surface area contributed by atoms with E-state index in [0.717, 1.165) is 11.5 Å². The van der Waals surface area contributed by atoms with Crippen LogP contribution in [0.1, 0.15) is 6.42 Å². The number of rotatable bonds is 1. The van der Waals surface area contributed by atoms with E-state index in [1.54, 1.807) is 9.48 Å². The van der Waals surface area contributed by atoms with Gasteiger partial charge in [0.1, 0.15) is 0 Å². The standard InChI is InChI=1S/C14H20N3O3/c1-15(2)14(16(3)4)20-17-12(18)10-8-5-6-9(7-8)11(10)13(17)19/h5-6,8-11H,7H2,1-4H3/q+1/t8-,9+,10-,11+. The number of amidine groups is 1. The van der Waals surface area contributed by atoms with Gasteiger partial charge in [-0.1, -0.05) is 17.2 Å². The molecule has 2 aliphatic carbocycles. The molecule has 6 nitrogen and oxygen atoms in total. The first kappa shape index (κ1) is 13.1. The minimum Gasteiger partial charge on any atom is -0.292 e. The Kier molecular flexibility index (Phi) is 2.84. The van der Waals surface area contributed by atoms with Crippen molar-refractivity contribution in [1.29, 1.82) is 0 Å². The van der Waals surface area contributed by atoms with E-state index in [4.69, 9.17) is 4.84 Å². The monoisotopic (exact) mass is 278 g/mol. The molecule has 2 amide bonds. The number of hydrogen-bond donors (Lipinski definition) is 0. The highest BCUT2D eigenvalue weighted by molar-refractivity contribution is 6.06. The second kappa shape index (κ2) is 4.33. The second-order valence-electron chi connectivity index (χ2n) is 6.13. The van der Waals surface area contributed by atoms with E-state index in [9.17, 15) is 9.59 Å². The van der Waals surface area contributed by atoms with E-state index < -0.39 is 0 Å². The van der Waals surface area contributed by atoms with Gasteiger partial charge in [-0.05, 0) is 18.3 Å². The molecule has 1 heterocycles. The van der Waals surface area contributed by atoms with Crippen LogP contribution >= 0.6 is 0 Å². The van der Waals surface area contributed by atoms with Crippen LogP contribution in [0.5, 0.6) is 0 Å². The summed E-state index contributed by atoms with van der Waals surface area (Å²) < 4.78 is 1.74. The summed E-state index contributed by atoms with van der Waals surface area (Å²) in [6, 6.07) is 0.465. The molecule has 1 saturated heterocycles. The van der Waals surface area contributed by atoms with Crippen LogP contribution in [0.4, 0.5) is 0 Å². The molecule has 0 N–H and O–H groups in total. The number of hydroxylamine groups is 2. The lowest BCUT2D eigenvalue weighted by Gasteiger charge is -2.18. The summed E-state index contributed by atoms with van der Waals surface area (Å²) in [5.74, 6) is -0.420. The lowest BCUT2D eigenvalue weighted by Crippen LogP contribution is -2.42. The Morgan fingerprint density at radius 3 is 2.10 bits per heavy atom. The zero-order valence-electron chi connectivity index (χ0n) is 12.2. The number of imide groups is 1. The van der Waals surface area contributed by atoms with E-state index in [1.807, 2.05) is 28.2 Å². The van der Waals surface area contributed by atoms with Crippen molar-refractivity contribution in [2.45, 2.75) is 6.42 Å². The Balaban J connectivity index is 1.85. The van der Waals surface area contributed by atoms with Crippen molar-refractivity contribution in [3.63, 3.8) is 0 Å². The van der Waals surface area contributed by atoms with Gasteiger partial charge in [0.2, 0.25) is 0 Å². The molecule has 20 heavy (non-hydrogen) atoms. The van der Waals surface area contributed by atoms with Gasteiger partial charge in [-0.2, -0.15) is 0 Å². The lowest BCUT2D eigenvalue weighted by atomic mass is 9.85. The number of nitrogens with zero attached hydrogens (tertiary/aromatic N) is 3. The second-order valence-corrected chi connectivity index (χ2v) is 6.13. The fourth-order valence-electron chi connectivity index (χ4n) is 3.61. The maximum absolute atomic E-state index is 12.5. The van der Waals surface area contributed by atoms with Crippen LogP contribution in [0.2, 0.25) is 0 Å². The number of allylic oxidation sites excluding steroid dienone is 2. The fraction of sp³-hybridized carbons (Fsp3) is 0.643. The molecular weight excluding hydrogens is 258 g/mol. The van der Waals surface area contributed by atoms with Gasteiger partial charge in [0.25, 0.3) is 11.8 Å². The summed E-state index contributed by atoms with van der Waals surface area (Å²) in [6.07, 6.45) is 5.07. The number of amides is 2. The first-order chi connectivity index (χ1) is 9.41. The molecule has 0 aromatic heterocycles. The number of carbonyl (C=O) groups excluding carboxylic acids is 2. The molecule has 1 saturated carbocycles. The molecule has 2 bridgehead atoms. The van der Waals surface area contributed by atoms with Crippen LogP contribution in [0.25, 0.3) is 0 Å². The molecule has 1 aliphatic heterocycles. The smallest absolute Gasteiger partial charge is 0.292 e. The van der Waals surface area contributed by atoms with Gasteiger partial charge in [-0.3, -0.25) is 14.4 Å². The minimum absolute atomic E-state index is 0.196. The highest BCUT2D eigenvalue weighted by Crippen LogP contribution is 2.52. The molecule has 6 heteroatoms. The molecule has 4 atom stereocenters. The van der Waals surface area contributed by atoms with Gasteiger partial charge < -0.3 is 0 Å². The van der Waals surface area contributed by atoms with E-state index >= 15 is 0 Å². The van der Waals surface area contributed by atoms with E-state index in [1.165, 1.54) is 0 Å². The molecule has 0 spiro atoms. The Bertz CT molecular complexity index is 504. The third kappa shape index (κ3) is 1.67. The van der Waals surface area contributed by atoms with Crippen molar-refractivity contribution in [2.24, 2.45) is 23.7 Å². The predicted molar refractivity (Wildman–Crippen MR) is 71.5 cm³/mol. The van der Waals surface area contributed by atoms with Gasteiger partial charge in [0, 0.05) is 0 Å². The normalized spacial score (nSPS) is 33.7. The Labute approximate surface area is 118 Å². The zero-order valence-corrected chi connectivity index (χ0v) is 12.2. The predicted octanol–water partition coefficient (Wildman–Crippen LogP) is -0.0852. The van der Waals surface area contributed by atoms with Crippen molar-refractivity contribution < 1.29 is 19.0 Å². The molecular formula is C14H20N3O3+. The average Bonchev–Trinajstić information content (AvgIpc) is 3.02. The Morgan fingerprint density at radius 2 is 1.70 bits per heavy atom. The quantitative estimate of drug-likeness (QED) is 0.221. The summed E-state index contributed by atoms with van der Waals surface area (Å²) in [5.41, 5.74) is 0. The Morgan fingerprint density at radius 1 is 1.20 bits per heavy atom. The van der Waals surface area contributed by atoms with Crippen LogP contribution in [0.15, 0.2) is 12.2 Å². The number of hydrogen-bond acceptors (Lipinski definition) is 3. The van der Waals surface area contributed by atoms with E-state index in [0.29, 0.717) is 6.02 Å². The minimum atomic E-state index is -0.219. The largest absolute Gasteiger partial charge is 0.470 e. The average molecular weight is 278 g/mol. The van der Waals surface area contributed by atoms with Crippen molar-refractivity contribution in [1.82, 2.24) is 9.96 Å². The van der Waals surface area contributed by atoms with Gasteiger partial charge in [-0.15, -0.1) is 0 Å². The SMILES string of the molecule is CN(C)C(ON1C(=O)[C@@H]2[C@H](C1=O)[C@@H]1C=C[C@H]2C1)=[N+](C)C. The van der Waals surface area contributed by atoms with Crippen LogP contribution < -0.4 is 0 Å². The summed E-state index contributed by atoms with van der Waals surface area (Å²) in [4.78, 5) is 32.3. The molecule has 0 aromatic carbocycles. The molecule has 0 aromatic rings. The fourth-order valence-corrected chi connectivity index (χ4v) is 3.61. The maximum Gasteiger partial charge on any atom is 0.470 e. The molecule has 3 aliphatic rings. The van der Waals surface area contributed by atoms with Crippen LogP contribution in [-0.2, 0) is 14.4 Å². The topological polar surface area (TPSA) is 52.9 Å². The number of fused-ring (bicyclic) bond motifs is 5. The van der Waals surface area contributed by atoms with Crippen molar-refractivity contribution in [2.75, 3.05) is 28.2 Å². The highest BCUT2D eigenvalue weighted by atomic mass is 16.7. The molecule has 3 rings (SSSR count). The first-order valence-electron chi connectivity index (χ1n) is 6.87. The summed E-state index contributed by atoms with van der Waals surface area (Å²) >= 11 is 0. The molecule has 0 unspecified atom stereocenters. The van der Waals surface area contributed by atoms with Gasteiger partial charge in [0.15, 0.2) is 0 Å². The lowest BCUT2D eigenvalue weighted by molar-refractivity contribution is -0.484. The van der Waals surface area contributed by atoms with Crippen molar-refractivity contribution >= 4 is 17.8 Å². The molecule has 0 radical (unpaired) electrons. The Hall–Kier alpha value is -1.85. The first-order valence-corrected chi connectivity index (χ1v) is 6.87. The highest BCUT2D eigenvalue weighted by Gasteiger charge is 2.61. The third-order valence-electron chi connectivity index (χ3n) is 4.37. The van der Waals surface area contributed by atoms with Gasteiger partial charge in [-0.25, -0.2) is 9.48 Å². The van der Waals surface area contributed by atoms with Crippen molar-refractivity contribution in [3.05, 3.63) is 12.2 Å². The zero-order chi connectivity index (χ0) is 14.6. The summed E-state index contributed by atoms with van der Waals surface area (Å²) in [5, 5.41) is 0.969. The molecule has 108 valence electrons. The maximum atomic E-state index is 12.5. The molecule has 2 fully saturated rings. The summed E-state index contributed by atoms with van der Waals surface area (Å²) in [6.45, 7) is 0. The van der Waals surface area contributed by atoms with Crippen molar-refractivity contribution in [3.8, 4) is 0 Å². The summed E-state index contributed by atoms with van der Waals surface area (Å²) in [7, 11) is 7.25. The van der Waals surface area contributed by atoms with Gasteiger partial charge in [0.05, 0.1) is 40.0 Å². The van der Waals surface area contributed by atoms with E-state index in [2.05, 4.69) is 12.2 Å². The van der Waals surface area contributed by atoms with Gasteiger partial charge >= 0.3 is 6.02 Å². The van der Waals surface area contributed by atoms with E-state index in [-0.39, 0.29) is 35.5 Å². The van der Waals surface area contributed by atoms with Crippen LogP contribution in [-0.4, -0.2) is 60.6 Å². The van der Waals surface area contributed by atoms with Crippen LogP contribution in [0.3, 0.4) is 0 Å². The third-order valence-corrected chi connectivity index (χ3v) is 4.37.